The molecular formula is C20H20N2O2. The fraction of sp³-hybridized carbons (Fsp3) is 0.200. The fourth-order valence-corrected chi connectivity index (χ4v) is 2.53. The molecule has 2 aromatic heterocycles. The first-order chi connectivity index (χ1) is 11.8. The summed E-state index contributed by atoms with van der Waals surface area (Å²) in [6.07, 6.45) is 8.93. The Balaban J connectivity index is 1.87. The van der Waals surface area contributed by atoms with Crippen LogP contribution in [-0.2, 0) is 9.53 Å². The summed E-state index contributed by atoms with van der Waals surface area (Å²) in [4.78, 5) is 16.2. The number of ether oxygens (including phenoxy) is 1. The van der Waals surface area contributed by atoms with E-state index in [0.29, 0.717) is 6.61 Å². The molecule has 0 atom stereocenters. The average Bonchev–Trinajstić information content (AvgIpc) is 3.04. The van der Waals surface area contributed by atoms with Gasteiger partial charge in [-0.15, -0.1) is 0 Å². The van der Waals surface area contributed by atoms with E-state index in [0.717, 1.165) is 35.1 Å². The Morgan fingerprint density at radius 3 is 2.96 bits per heavy atom. The maximum atomic E-state index is 11.8. The fourth-order valence-electron chi connectivity index (χ4n) is 2.53. The highest BCUT2D eigenvalue weighted by molar-refractivity contribution is 5.88. The van der Waals surface area contributed by atoms with Crippen molar-refractivity contribution in [1.29, 1.82) is 0 Å². The van der Waals surface area contributed by atoms with Gasteiger partial charge in [0.2, 0.25) is 0 Å². The highest BCUT2D eigenvalue weighted by Crippen LogP contribution is 2.22. The van der Waals surface area contributed by atoms with Crippen molar-refractivity contribution in [3.63, 3.8) is 0 Å². The number of rotatable bonds is 6. The Hall–Kier alpha value is -2.88. The Bertz CT molecular complexity index is 865. The molecule has 0 aliphatic heterocycles. The summed E-state index contributed by atoms with van der Waals surface area (Å²) in [5.41, 5.74) is 2.81. The first-order valence-electron chi connectivity index (χ1n) is 8.16. The Morgan fingerprint density at radius 2 is 2.08 bits per heavy atom. The highest BCUT2D eigenvalue weighted by Gasteiger charge is 2.07. The Kier molecular flexibility index (Phi) is 5.06. The number of aromatic nitrogens is 2. The van der Waals surface area contributed by atoms with Gasteiger partial charge >= 0.3 is 5.97 Å². The van der Waals surface area contributed by atoms with Crippen molar-refractivity contribution in [3.05, 3.63) is 66.5 Å². The molecule has 122 valence electrons. The van der Waals surface area contributed by atoms with E-state index in [1.54, 1.807) is 12.3 Å². The van der Waals surface area contributed by atoms with Gasteiger partial charge in [-0.2, -0.15) is 0 Å². The first-order valence-corrected chi connectivity index (χ1v) is 8.16. The summed E-state index contributed by atoms with van der Waals surface area (Å²) >= 11 is 0. The molecule has 0 spiro atoms. The van der Waals surface area contributed by atoms with Gasteiger partial charge in [0, 0.05) is 23.9 Å². The molecule has 0 amide bonds. The lowest BCUT2D eigenvalue weighted by Crippen LogP contribution is -2.02. The largest absolute Gasteiger partial charge is 0.463 e. The SMILES string of the molecule is CCCCOC(=O)/C=C/c1ccccc1-n1ccc2cccnc21. The minimum absolute atomic E-state index is 0.311. The van der Waals surface area contributed by atoms with Gasteiger partial charge in [-0.3, -0.25) is 0 Å². The van der Waals surface area contributed by atoms with Crippen molar-refractivity contribution in [2.24, 2.45) is 0 Å². The maximum Gasteiger partial charge on any atom is 0.330 e. The van der Waals surface area contributed by atoms with Crippen molar-refractivity contribution in [2.45, 2.75) is 19.8 Å². The predicted molar refractivity (Wildman–Crippen MR) is 96.0 cm³/mol. The molecule has 0 unspecified atom stereocenters. The van der Waals surface area contributed by atoms with Crippen molar-refractivity contribution in [3.8, 4) is 5.69 Å². The molecule has 1 aromatic carbocycles. The van der Waals surface area contributed by atoms with E-state index in [1.165, 1.54) is 6.08 Å². The molecule has 0 saturated heterocycles. The van der Waals surface area contributed by atoms with E-state index in [2.05, 4.69) is 11.9 Å². The molecule has 2 heterocycles. The van der Waals surface area contributed by atoms with E-state index in [1.807, 2.05) is 53.2 Å². The van der Waals surface area contributed by atoms with Crippen LogP contribution in [0.15, 0.2) is 60.9 Å². The first kappa shape index (κ1) is 16.0. The number of esters is 1. The monoisotopic (exact) mass is 320 g/mol. The third-order valence-electron chi connectivity index (χ3n) is 3.79. The average molecular weight is 320 g/mol. The summed E-state index contributed by atoms with van der Waals surface area (Å²) in [7, 11) is 0. The lowest BCUT2D eigenvalue weighted by molar-refractivity contribution is -0.137. The molecule has 0 bridgehead atoms. The number of carbonyl (C=O) groups is 1. The number of pyridine rings is 1. The zero-order chi connectivity index (χ0) is 16.8. The number of para-hydroxylation sites is 1. The van der Waals surface area contributed by atoms with Crippen LogP contribution in [0.1, 0.15) is 25.3 Å². The molecule has 0 radical (unpaired) electrons. The van der Waals surface area contributed by atoms with E-state index >= 15 is 0 Å². The van der Waals surface area contributed by atoms with Crippen molar-refractivity contribution < 1.29 is 9.53 Å². The molecule has 3 rings (SSSR count). The van der Waals surface area contributed by atoms with Gasteiger partial charge < -0.3 is 9.30 Å². The number of benzene rings is 1. The third kappa shape index (κ3) is 3.54. The summed E-state index contributed by atoms with van der Waals surface area (Å²) in [5.74, 6) is -0.311. The summed E-state index contributed by atoms with van der Waals surface area (Å²) < 4.78 is 7.19. The molecule has 4 heteroatoms. The van der Waals surface area contributed by atoms with Crippen LogP contribution < -0.4 is 0 Å². The van der Waals surface area contributed by atoms with E-state index in [-0.39, 0.29) is 5.97 Å². The van der Waals surface area contributed by atoms with Crippen LogP contribution in [0.4, 0.5) is 0 Å². The van der Waals surface area contributed by atoms with Gasteiger partial charge in [0.1, 0.15) is 5.65 Å². The van der Waals surface area contributed by atoms with Gasteiger partial charge in [0.05, 0.1) is 12.3 Å². The molecule has 0 saturated carbocycles. The van der Waals surface area contributed by atoms with E-state index < -0.39 is 0 Å². The van der Waals surface area contributed by atoms with Crippen LogP contribution in [0.3, 0.4) is 0 Å². The van der Waals surface area contributed by atoms with Crippen molar-refractivity contribution in [1.82, 2.24) is 9.55 Å². The number of hydrogen-bond donors (Lipinski definition) is 0. The van der Waals surface area contributed by atoms with Crippen molar-refractivity contribution >= 4 is 23.1 Å². The highest BCUT2D eigenvalue weighted by atomic mass is 16.5. The zero-order valence-electron chi connectivity index (χ0n) is 13.7. The molecule has 4 nitrogen and oxygen atoms in total. The van der Waals surface area contributed by atoms with Gasteiger partial charge in [-0.25, -0.2) is 9.78 Å². The summed E-state index contributed by atoms with van der Waals surface area (Å²) in [6, 6.07) is 13.9. The number of nitrogens with zero attached hydrogens (tertiary/aromatic N) is 2. The quantitative estimate of drug-likeness (QED) is 0.384. The third-order valence-corrected chi connectivity index (χ3v) is 3.79. The van der Waals surface area contributed by atoms with Crippen LogP contribution in [0.2, 0.25) is 0 Å². The van der Waals surface area contributed by atoms with Crippen LogP contribution in [0.25, 0.3) is 22.8 Å². The van der Waals surface area contributed by atoms with E-state index in [9.17, 15) is 4.79 Å². The van der Waals surface area contributed by atoms with Gasteiger partial charge in [0.25, 0.3) is 0 Å². The van der Waals surface area contributed by atoms with Gasteiger partial charge in [0.15, 0.2) is 0 Å². The lowest BCUT2D eigenvalue weighted by atomic mass is 10.1. The maximum absolute atomic E-state index is 11.8. The Morgan fingerprint density at radius 1 is 1.21 bits per heavy atom. The van der Waals surface area contributed by atoms with E-state index in [4.69, 9.17) is 4.74 Å². The second-order valence-corrected chi connectivity index (χ2v) is 5.52. The molecule has 0 N–H and O–H groups in total. The molecule has 0 aliphatic rings. The number of hydrogen-bond acceptors (Lipinski definition) is 3. The smallest absolute Gasteiger partial charge is 0.330 e. The standard InChI is InChI=1S/C20H20N2O2/c1-2-3-15-24-19(23)11-10-16-7-4-5-9-18(16)22-14-12-17-8-6-13-21-20(17)22/h4-14H,2-3,15H2,1H3/b11-10+. The lowest BCUT2D eigenvalue weighted by Gasteiger charge is -2.08. The second kappa shape index (κ2) is 7.59. The number of fused-ring (bicyclic) bond motifs is 1. The van der Waals surface area contributed by atoms with Crippen molar-refractivity contribution in [2.75, 3.05) is 6.61 Å². The normalized spacial score (nSPS) is 11.2. The minimum atomic E-state index is -0.311. The topological polar surface area (TPSA) is 44.1 Å². The molecule has 24 heavy (non-hydrogen) atoms. The van der Waals surface area contributed by atoms with Gasteiger partial charge in [-0.1, -0.05) is 31.5 Å². The zero-order valence-corrected chi connectivity index (χ0v) is 13.7. The number of unbranched alkanes of at least 4 members (excludes halogenated alkanes) is 1. The van der Waals surface area contributed by atoms with Crippen LogP contribution >= 0.6 is 0 Å². The van der Waals surface area contributed by atoms with Crippen LogP contribution in [0.5, 0.6) is 0 Å². The summed E-state index contributed by atoms with van der Waals surface area (Å²) in [6.45, 7) is 2.53. The predicted octanol–water partition coefficient (Wildman–Crippen LogP) is 4.38. The molecule has 3 aromatic rings. The minimum Gasteiger partial charge on any atom is -0.463 e. The van der Waals surface area contributed by atoms with Gasteiger partial charge in [-0.05, 0) is 42.3 Å². The van der Waals surface area contributed by atoms with Crippen LogP contribution in [0, 0.1) is 0 Å². The Labute approximate surface area is 141 Å². The second-order valence-electron chi connectivity index (χ2n) is 5.52. The summed E-state index contributed by atoms with van der Waals surface area (Å²) in [5, 5.41) is 1.08. The molecule has 0 aliphatic carbocycles. The van der Waals surface area contributed by atoms with Crippen LogP contribution in [-0.4, -0.2) is 22.1 Å². The number of carbonyl (C=O) groups excluding carboxylic acids is 1. The molecular weight excluding hydrogens is 300 g/mol. The molecule has 0 fully saturated rings.